The minimum Gasteiger partial charge on any atom is -0.375 e. The van der Waals surface area contributed by atoms with Crippen molar-refractivity contribution < 1.29 is 4.74 Å². The summed E-state index contributed by atoms with van der Waals surface area (Å²) in [4.78, 5) is 0. The van der Waals surface area contributed by atoms with Gasteiger partial charge in [-0.2, -0.15) is 0 Å². The summed E-state index contributed by atoms with van der Waals surface area (Å²) in [6.07, 6.45) is 13.5. The number of nitrogens with one attached hydrogen (secondary N) is 1. The van der Waals surface area contributed by atoms with E-state index < -0.39 is 0 Å². The van der Waals surface area contributed by atoms with E-state index >= 15 is 0 Å². The van der Waals surface area contributed by atoms with Crippen LogP contribution in [0.4, 0.5) is 0 Å². The maximum Gasteiger partial charge on any atom is 0.0697 e. The molecule has 1 spiro atoms. The molecule has 1 heterocycles. The van der Waals surface area contributed by atoms with Crippen molar-refractivity contribution >= 4 is 0 Å². The summed E-state index contributed by atoms with van der Waals surface area (Å²) in [5, 5.41) is 3.71. The Bertz CT molecular complexity index is 264. The van der Waals surface area contributed by atoms with Gasteiger partial charge in [-0.25, -0.2) is 0 Å². The van der Waals surface area contributed by atoms with E-state index in [0.717, 1.165) is 25.9 Å². The molecule has 0 aromatic rings. The lowest BCUT2D eigenvalue weighted by Gasteiger charge is -2.47. The molecule has 1 saturated heterocycles. The Balaban J connectivity index is 1.82. The van der Waals surface area contributed by atoms with Gasteiger partial charge < -0.3 is 10.1 Å². The first kappa shape index (κ1) is 12.0. The smallest absolute Gasteiger partial charge is 0.0697 e. The van der Waals surface area contributed by atoms with Crippen LogP contribution in [0.2, 0.25) is 0 Å². The van der Waals surface area contributed by atoms with E-state index in [4.69, 9.17) is 11.2 Å². The van der Waals surface area contributed by atoms with E-state index in [9.17, 15) is 0 Å². The second-order valence-electron chi connectivity index (χ2n) is 5.25. The lowest BCUT2D eigenvalue weighted by molar-refractivity contribution is -0.136. The van der Waals surface area contributed by atoms with E-state index in [2.05, 4.69) is 18.2 Å². The second-order valence-corrected chi connectivity index (χ2v) is 5.25. The molecule has 1 aliphatic carbocycles. The summed E-state index contributed by atoms with van der Waals surface area (Å²) in [6.45, 7) is 3.12. The van der Waals surface area contributed by atoms with Gasteiger partial charge >= 0.3 is 0 Å². The van der Waals surface area contributed by atoms with Crippen LogP contribution < -0.4 is 5.32 Å². The average molecular weight is 221 g/mol. The van der Waals surface area contributed by atoms with Gasteiger partial charge in [-0.1, -0.05) is 6.92 Å². The highest BCUT2D eigenvalue weighted by molar-refractivity contribution is 4.98. The number of terminal acetylenes is 1. The molecule has 0 bridgehead atoms. The maximum atomic E-state index is 5.93. The predicted molar refractivity (Wildman–Crippen MR) is 66.2 cm³/mol. The molecule has 0 amide bonds. The highest BCUT2D eigenvalue weighted by Crippen LogP contribution is 2.42. The number of ether oxygens (including phenoxy) is 1. The third-order valence-corrected chi connectivity index (χ3v) is 4.09. The van der Waals surface area contributed by atoms with Crippen molar-refractivity contribution in [1.82, 2.24) is 5.32 Å². The van der Waals surface area contributed by atoms with Gasteiger partial charge in [0.15, 0.2) is 0 Å². The Morgan fingerprint density at radius 1 is 1.56 bits per heavy atom. The summed E-state index contributed by atoms with van der Waals surface area (Å²) >= 11 is 0. The van der Waals surface area contributed by atoms with E-state index in [0.29, 0.717) is 12.1 Å². The van der Waals surface area contributed by atoms with Gasteiger partial charge in [0, 0.05) is 25.1 Å². The maximum absolute atomic E-state index is 5.93. The van der Waals surface area contributed by atoms with E-state index in [1.165, 1.54) is 25.7 Å². The molecular weight excluding hydrogens is 198 g/mol. The molecule has 16 heavy (non-hydrogen) atoms. The molecule has 0 aromatic heterocycles. The van der Waals surface area contributed by atoms with Crippen LogP contribution in [0.5, 0.6) is 0 Å². The molecule has 2 fully saturated rings. The van der Waals surface area contributed by atoms with E-state index in [-0.39, 0.29) is 5.60 Å². The fourth-order valence-electron chi connectivity index (χ4n) is 2.89. The van der Waals surface area contributed by atoms with Crippen molar-refractivity contribution in [1.29, 1.82) is 0 Å². The normalized spacial score (nSPS) is 29.4. The first-order valence-electron chi connectivity index (χ1n) is 6.61. The topological polar surface area (TPSA) is 21.3 Å². The van der Waals surface area contributed by atoms with Gasteiger partial charge in [-0.05, 0) is 38.5 Å². The van der Waals surface area contributed by atoms with Crippen LogP contribution in [0.15, 0.2) is 0 Å². The molecule has 1 saturated carbocycles. The molecule has 2 aliphatic rings. The summed E-state index contributed by atoms with van der Waals surface area (Å²) in [7, 11) is 0. The lowest BCUT2D eigenvalue weighted by Crippen LogP contribution is -2.52. The van der Waals surface area contributed by atoms with Crippen molar-refractivity contribution in [3.8, 4) is 12.3 Å². The van der Waals surface area contributed by atoms with Gasteiger partial charge in [0.05, 0.1) is 5.60 Å². The van der Waals surface area contributed by atoms with Crippen LogP contribution in [0.1, 0.15) is 51.9 Å². The summed E-state index contributed by atoms with van der Waals surface area (Å²) < 4.78 is 5.93. The van der Waals surface area contributed by atoms with Crippen LogP contribution in [0, 0.1) is 12.3 Å². The quantitative estimate of drug-likeness (QED) is 0.736. The molecule has 1 N–H and O–H groups in total. The zero-order chi connectivity index (χ0) is 11.4. The minimum atomic E-state index is 0.240. The Morgan fingerprint density at radius 2 is 2.38 bits per heavy atom. The van der Waals surface area contributed by atoms with Crippen LogP contribution in [-0.2, 0) is 4.74 Å². The number of hydrogen-bond acceptors (Lipinski definition) is 2. The lowest BCUT2D eigenvalue weighted by atomic mass is 9.74. The molecule has 2 unspecified atom stereocenters. The Labute approximate surface area is 99.1 Å². The molecule has 2 rings (SSSR count). The summed E-state index contributed by atoms with van der Waals surface area (Å²) in [5.41, 5.74) is 0.240. The van der Waals surface area contributed by atoms with Crippen molar-refractivity contribution in [2.45, 2.75) is 69.6 Å². The predicted octanol–water partition coefficient (Wildman–Crippen LogP) is 2.48. The average Bonchev–Trinajstić information content (AvgIpc) is 2.27. The van der Waals surface area contributed by atoms with Crippen molar-refractivity contribution in [2.24, 2.45) is 0 Å². The van der Waals surface area contributed by atoms with E-state index in [1.54, 1.807) is 0 Å². The fraction of sp³-hybridized carbons (Fsp3) is 0.857. The summed E-state index contributed by atoms with van der Waals surface area (Å²) in [5.74, 6) is 2.76. The Hall–Kier alpha value is -0.520. The number of hydrogen-bond donors (Lipinski definition) is 1. The monoisotopic (exact) mass is 221 g/mol. The zero-order valence-corrected chi connectivity index (χ0v) is 10.3. The van der Waals surface area contributed by atoms with Gasteiger partial charge in [-0.15, -0.1) is 12.3 Å². The Kier molecular flexibility index (Phi) is 3.89. The highest BCUT2D eigenvalue weighted by Gasteiger charge is 2.42. The van der Waals surface area contributed by atoms with Crippen molar-refractivity contribution in [3.05, 3.63) is 0 Å². The van der Waals surface area contributed by atoms with Gasteiger partial charge in [-0.3, -0.25) is 0 Å². The molecule has 0 aromatic carbocycles. The van der Waals surface area contributed by atoms with Crippen LogP contribution in [0.3, 0.4) is 0 Å². The van der Waals surface area contributed by atoms with Crippen molar-refractivity contribution in [2.75, 3.05) is 6.61 Å². The minimum absolute atomic E-state index is 0.240. The van der Waals surface area contributed by atoms with Crippen LogP contribution >= 0.6 is 0 Å². The Morgan fingerprint density at radius 3 is 2.94 bits per heavy atom. The van der Waals surface area contributed by atoms with Gasteiger partial charge in [0.25, 0.3) is 0 Å². The summed E-state index contributed by atoms with van der Waals surface area (Å²) in [6, 6.07) is 1.11. The standard InChI is InChI=1S/C14H23NO/c1-3-6-12(4-2)15-13-7-10-16-14(11-13)8-5-9-14/h1,12-13,15H,4-11H2,2H3. The van der Waals surface area contributed by atoms with Crippen molar-refractivity contribution in [3.63, 3.8) is 0 Å². The van der Waals surface area contributed by atoms with E-state index in [1.807, 2.05) is 0 Å². The molecule has 1 aliphatic heterocycles. The molecule has 2 heteroatoms. The second kappa shape index (κ2) is 5.21. The fourth-order valence-corrected chi connectivity index (χ4v) is 2.89. The SMILES string of the molecule is C#CCC(CC)NC1CCOC2(CCC2)C1. The first-order chi connectivity index (χ1) is 7.78. The molecule has 2 nitrogen and oxygen atoms in total. The third-order valence-electron chi connectivity index (χ3n) is 4.09. The van der Waals surface area contributed by atoms with Gasteiger partial charge in [0.1, 0.15) is 0 Å². The molecule has 0 radical (unpaired) electrons. The van der Waals surface area contributed by atoms with Gasteiger partial charge in [0.2, 0.25) is 0 Å². The largest absolute Gasteiger partial charge is 0.375 e. The molecule has 2 atom stereocenters. The van der Waals surface area contributed by atoms with Crippen LogP contribution in [-0.4, -0.2) is 24.3 Å². The highest BCUT2D eigenvalue weighted by atomic mass is 16.5. The van der Waals surface area contributed by atoms with Crippen LogP contribution in [0.25, 0.3) is 0 Å². The molecular formula is C14H23NO. The third kappa shape index (κ3) is 2.59. The number of rotatable bonds is 4. The first-order valence-corrected chi connectivity index (χ1v) is 6.61. The zero-order valence-electron chi connectivity index (χ0n) is 10.3. The molecule has 90 valence electrons.